The fraction of sp³-hybridized carbons (Fsp3) is 0.800. The van der Waals surface area contributed by atoms with Crippen LogP contribution in [0, 0.1) is 0 Å². The molecule has 0 saturated carbocycles. The van der Waals surface area contributed by atoms with E-state index in [4.69, 9.17) is 4.74 Å². The molecule has 0 aliphatic heterocycles. The van der Waals surface area contributed by atoms with E-state index in [-0.39, 0.29) is 11.8 Å². The molecule has 0 N–H and O–H groups in total. The van der Waals surface area contributed by atoms with Gasteiger partial charge in [0.15, 0.2) is 0 Å². The number of hydrogen-bond acceptors (Lipinski definition) is 3. The molecule has 76 valence electrons. The maximum Gasteiger partial charge on any atom is 0.302 e. The molecule has 0 fully saturated rings. The molecule has 0 unspecified atom stereocenters. The first-order valence-electron chi connectivity index (χ1n) is 4.75. The molecule has 0 heterocycles. The van der Waals surface area contributed by atoms with Gasteiger partial charge in [0, 0.05) is 13.3 Å². The van der Waals surface area contributed by atoms with E-state index < -0.39 is 0 Å². The normalized spacial score (nSPS) is 9.69. The van der Waals surface area contributed by atoms with E-state index in [0.717, 1.165) is 25.7 Å². The van der Waals surface area contributed by atoms with Crippen LogP contribution in [-0.2, 0) is 14.3 Å². The van der Waals surface area contributed by atoms with Crippen molar-refractivity contribution in [2.75, 3.05) is 6.61 Å². The Kier molecular flexibility index (Phi) is 7.26. The second-order valence-electron chi connectivity index (χ2n) is 3.21. The molecule has 0 aromatic carbocycles. The van der Waals surface area contributed by atoms with E-state index in [1.54, 1.807) is 6.92 Å². The highest BCUT2D eigenvalue weighted by atomic mass is 16.5. The molecule has 13 heavy (non-hydrogen) atoms. The summed E-state index contributed by atoms with van der Waals surface area (Å²) < 4.78 is 4.76. The zero-order valence-corrected chi connectivity index (χ0v) is 8.47. The number of esters is 1. The summed E-state index contributed by atoms with van der Waals surface area (Å²) in [5.41, 5.74) is 0. The lowest BCUT2D eigenvalue weighted by Gasteiger charge is -2.00. The molecule has 0 spiro atoms. The van der Waals surface area contributed by atoms with Gasteiger partial charge in [0.1, 0.15) is 5.78 Å². The highest BCUT2D eigenvalue weighted by molar-refractivity contribution is 5.75. The highest BCUT2D eigenvalue weighted by Gasteiger charge is 1.95. The zero-order chi connectivity index (χ0) is 10.1. The molecule has 3 nitrogen and oxygen atoms in total. The second-order valence-corrected chi connectivity index (χ2v) is 3.21. The summed E-state index contributed by atoms with van der Waals surface area (Å²) in [5, 5.41) is 0. The summed E-state index contributed by atoms with van der Waals surface area (Å²) in [6.45, 7) is 3.53. The van der Waals surface area contributed by atoms with Gasteiger partial charge in [-0.3, -0.25) is 4.79 Å². The third kappa shape index (κ3) is 11.1. The van der Waals surface area contributed by atoms with Crippen molar-refractivity contribution in [1.82, 2.24) is 0 Å². The van der Waals surface area contributed by atoms with Crippen molar-refractivity contribution in [3.8, 4) is 0 Å². The molecular weight excluding hydrogens is 168 g/mol. The summed E-state index contributed by atoms with van der Waals surface area (Å²) in [6.07, 6.45) is 4.60. The molecule has 0 radical (unpaired) electrons. The second kappa shape index (κ2) is 7.77. The van der Waals surface area contributed by atoms with Crippen molar-refractivity contribution in [1.29, 1.82) is 0 Å². The average Bonchev–Trinajstić information content (AvgIpc) is 2.01. The molecule has 0 aliphatic carbocycles. The summed E-state index contributed by atoms with van der Waals surface area (Å²) >= 11 is 0. The Morgan fingerprint density at radius 3 is 2.15 bits per heavy atom. The Balaban J connectivity index is 3.00. The van der Waals surface area contributed by atoms with E-state index in [0.29, 0.717) is 13.0 Å². The Bertz CT molecular complexity index is 146. The van der Waals surface area contributed by atoms with E-state index in [1.807, 2.05) is 0 Å². The minimum absolute atomic E-state index is 0.219. The van der Waals surface area contributed by atoms with Gasteiger partial charge in [0.2, 0.25) is 0 Å². The molecule has 0 amide bonds. The van der Waals surface area contributed by atoms with Crippen LogP contribution >= 0.6 is 0 Å². The third-order valence-corrected chi connectivity index (χ3v) is 1.73. The first-order valence-corrected chi connectivity index (χ1v) is 4.75. The molecular formula is C10H18O3. The maximum atomic E-state index is 10.6. The molecule has 0 aromatic heterocycles. The van der Waals surface area contributed by atoms with Gasteiger partial charge < -0.3 is 9.53 Å². The predicted molar refractivity (Wildman–Crippen MR) is 50.4 cm³/mol. The Morgan fingerprint density at radius 2 is 1.62 bits per heavy atom. The number of ether oxygens (including phenoxy) is 1. The summed E-state index contributed by atoms with van der Waals surface area (Å²) in [6, 6.07) is 0. The van der Waals surface area contributed by atoms with Crippen molar-refractivity contribution in [3.05, 3.63) is 0 Å². The van der Waals surface area contributed by atoms with Crippen molar-refractivity contribution >= 4 is 11.8 Å². The van der Waals surface area contributed by atoms with Crippen molar-refractivity contribution in [3.63, 3.8) is 0 Å². The first kappa shape index (κ1) is 12.1. The number of rotatable bonds is 7. The van der Waals surface area contributed by atoms with Crippen molar-refractivity contribution in [2.45, 2.75) is 46.0 Å². The number of hydrogen-bond donors (Lipinski definition) is 0. The molecule has 0 saturated heterocycles. The fourth-order valence-corrected chi connectivity index (χ4v) is 1.05. The van der Waals surface area contributed by atoms with Crippen LogP contribution in [0.25, 0.3) is 0 Å². The molecule has 3 heteroatoms. The van der Waals surface area contributed by atoms with Gasteiger partial charge >= 0.3 is 5.97 Å². The Hall–Kier alpha value is -0.860. The van der Waals surface area contributed by atoms with E-state index in [2.05, 4.69) is 0 Å². The van der Waals surface area contributed by atoms with Gasteiger partial charge in [-0.2, -0.15) is 0 Å². The molecule has 0 bridgehead atoms. The number of ketones is 1. The fourth-order valence-electron chi connectivity index (χ4n) is 1.05. The predicted octanol–water partition coefficient (Wildman–Crippen LogP) is 2.09. The van der Waals surface area contributed by atoms with E-state index >= 15 is 0 Å². The number of unbranched alkanes of at least 4 members (excludes halogenated alkanes) is 3. The van der Waals surface area contributed by atoms with Crippen LogP contribution in [0.3, 0.4) is 0 Å². The van der Waals surface area contributed by atoms with Crippen LogP contribution < -0.4 is 0 Å². The van der Waals surface area contributed by atoms with Crippen molar-refractivity contribution in [2.24, 2.45) is 0 Å². The summed E-state index contributed by atoms with van der Waals surface area (Å²) in [7, 11) is 0. The van der Waals surface area contributed by atoms with Gasteiger partial charge in [-0.1, -0.05) is 12.8 Å². The Morgan fingerprint density at radius 1 is 1.00 bits per heavy atom. The lowest BCUT2D eigenvalue weighted by molar-refractivity contribution is -0.141. The number of carbonyl (C=O) groups is 2. The minimum atomic E-state index is -0.219. The topological polar surface area (TPSA) is 43.4 Å². The van der Waals surface area contributed by atoms with Crippen LogP contribution in [0.2, 0.25) is 0 Å². The van der Waals surface area contributed by atoms with Gasteiger partial charge in [0.25, 0.3) is 0 Å². The maximum absolute atomic E-state index is 10.6. The first-order chi connectivity index (χ1) is 6.13. The monoisotopic (exact) mass is 186 g/mol. The van der Waals surface area contributed by atoms with E-state index in [9.17, 15) is 9.59 Å². The van der Waals surface area contributed by atoms with Crippen LogP contribution in [-0.4, -0.2) is 18.4 Å². The number of carbonyl (C=O) groups excluding carboxylic acids is 2. The summed E-state index contributed by atoms with van der Waals surface area (Å²) in [4.78, 5) is 20.9. The van der Waals surface area contributed by atoms with Crippen LogP contribution in [0.15, 0.2) is 0 Å². The van der Waals surface area contributed by atoms with Gasteiger partial charge in [-0.05, 0) is 19.8 Å². The van der Waals surface area contributed by atoms with Crippen LogP contribution in [0.5, 0.6) is 0 Å². The lowest BCUT2D eigenvalue weighted by Crippen LogP contribution is -2.00. The third-order valence-electron chi connectivity index (χ3n) is 1.73. The summed E-state index contributed by atoms with van der Waals surface area (Å²) in [5.74, 6) is 0.0312. The average molecular weight is 186 g/mol. The quantitative estimate of drug-likeness (QED) is 0.451. The molecule has 0 aliphatic rings. The van der Waals surface area contributed by atoms with Gasteiger partial charge in [-0.15, -0.1) is 0 Å². The van der Waals surface area contributed by atoms with Crippen LogP contribution in [0.1, 0.15) is 46.0 Å². The SMILES string of the molecule is CC(=O)CCCCCCOC(C)=O. The minimum Gasteiger partial charge on any atom is -0.466 e. The number of Topliss-reactive ketones (excluding diaryl/α,β-unsaturated/α-hetero) is 1. The van der Waals surface area contributed by atoms with Gasteiger partial charge in [0.05, 0.1) is 6.61 Å². The van der Waals surface area contributed by atoms with E-state index in [1.165, 1.54) is 6.92 Å². The van der Waals surface area contributed by atoms with Gasteiger partial charge in [-0.25, -0.2) is 0 Å². The lowest BCUT2D eigenvalue weighted by atomic mass is 10.1. The van der Waals surface area contributed by atoms with Crippen LogP contribution in [0.4, 0.5) is 0 Å². The van der Waals surface area contributed by atoms with Crippen molar-refractivity contribution < 1.29 is 14.3 Å². The molecule has 0 atom stereocenters. The largest absolute Gasteiger partial charge is 0.466 e. The Labute approximate surface area is 79.5 Å². The standard InChI is InChI=1S/C10H18O3/c1-9(11)7-5-3-4-6-8-13-10(2)12/h3-8H2,1-2H3. The highest BCUT2D eigenvalue weighted by Crippen LogP contribution is 2.03. The zero-order valence-electron chi connectivity index (χ0n) is 8.47. The molecule has 0 rings (SSSR count). The smallest absolute Gasteiger partial charge is 0.302 e. The molecule has 0 aromatic rings.